The first-order valence-corrected chi connectivity index (χ1v) is 10.4. The molecule has 0 saturated heterocycles. The Kier molecular flexibility index (Phi) is 8.49. The molecule has 8 nitrogen and oxygen atoms in total. The summed E-state index contributed by atoms with van der Waals surface area (Å²) >= 11 is 0. The number of ether oxygens (including phenoxy) is 4. The van der Waals surface area contributed by atoms with Crippen LogP contribution in [0.3, 0.4) is 0 Å². The fourth-order valence-electron chi connectivity index (χ4n) is 3.31. The van der Waals surface area contributed by atoms with Gasteiger partial charge < -0.3 is 28.5 Å². The Hall–Kier alpha value is -3.07. The zero-order valence-corrected chi connectivity index (χ0v) is 18.6. The van der Waals surface area contributed by atoms with Crippen molar-refractivity contribution in [1.29, 1.82) is 0 Å². The molecule has 0 spiro atoms. The van der Waals surface area contributed by atoms with Gasteiger partial charge in [0.05, 0.1) is 30.8 Å². The monoisotopic (exact) mass is 443 g/mol. The number of hydrogen-bond acceptors (Lipinski definition) is 8. The highest BCUT2D eigenvalue weighted by molar-refractivity contribution is 5.83. The molecule has 32 heavy (non-hydrogen) atoms. The molecule has 0 saturated carbocycles. The maximum atomic E-state index is 13.1. The SMILES string of the molecule is CCOc1ccccc1Oc1coc2c(CN(CCOC)CCOC)c(O)ccc2c1=O. The van der Waals surface area contributed by atoms with Crippen LogP contribution in [0.2, 0.25) is 0 Å². The van der Waals surface area contributed by atoms with E-state index in [1.807, 2.05) is 13.0 Å². The fourth-order valence-corrected chi connectivity index (χ4v) is 3.31. The number of benzene rings is 2. The quantitative estimate of drug-likeness (QED) is 0.452. The van der Waals surface area contributed by atoms with Gasteiger partial charge in [0.1, 0.15) is 17.6 Å². The van der Waals surface area contributed by atoms with Crippen LogP contribution in [-0.4, -0.2) is 57.1 Å². The molecule has 0 aliphatic heterocycles. The first-order chi connectivity index (χ1) is 15.6. The second-order valence-corrected chi connectivity index (χ2v) is 7.11. The molecule has 0 unspecified atom stereocenters. The van der Waals surface area contributed by atoms with Gasteiger partial charge >= 0.3 is 0 Å². The van der Waals surface area contributed by atoms with Crippen LogP contribution >= 0.6 is 0 Å². The predicted molar refractivity (Wildman–Crippen MR) is 121 cm³/mol. The summed E-state index contributed by atoms with van der Waals surface area (Å²) in [6, 6.07) is 10.2. The summed E-state index contributed by atoms with van der Waals surface area (Å²) in [5.41, 5.74) is 0.507. The smallest absolute Gasteiger partial charge is 0.235 e. The van der Waals surface area contributed by atoms with E-state index in [2.05, 4.69) is 4.90 Å². The van der Waals surface area contributed by atoms with E-state index in [0.29, 0.717) is 67.5 Å². The predicted octanol–water partition coefficient (Wildman–Crippen LogP) is 3.78. The summed E-state index contributed by atoms with van der Waals surface area (Å²) in [6.45, 7) is 5.03. The summed E-state index contributed by atoms with van der Waals surface area (Å²) < 4.78 is 27.5. The third-order valence-electron chi connectivity index (χ3n) is 4.96. The number of phenolic OH excluding ortho intramolecular Hbond substituents is 1. The molecule has 172 valence electrons. The summed E-state index contributed by atoms with van der Waals surface area (Å²) in [4.78, 5) is 15.2. The van der Waals surface area contributed by atoms with Gasteiger partial charge in [0.15, 0.2) is 11.5 Å². The van der Waals surface area contributed by atoms with Crippen molar-refractivity contribution < 1.29 is 28.5 Å². The lowest BCUT2D eigenvalue weighted by molar-refractivity contribution is 0.110. The number of para-hydroxylation sites is 2. The minimum absolute atomic E-state index is 0.0388. The number of fused-ring (bicyclic) bond motifs is 1. The van der Waals surface area contributed by atoms with Crippen LogP contribution in [0.15, 0.2) is 51.9 Å². The molecule has 8 heteroatoms. The van der Waals surface area contributed by atoms with E-state index in [1.54, 1.807) is 32.4 Å². The Bertz CT molecular complexity index is 1070. The van der Waals surface area contributed by atoms with Crippen LogP contribution in [0.4, 0.5) is 0 Å². The van der Waals surface area contributed by atoms with Gasteiger partial charge in [0, 0.05) is 33.9 Å². The van der Waals surface area contributed by atoms with Crippen molar-refractivity contribution in [2.24, 2.45) is 0 Å². The van der Waals surface area contributed by atoms with Crippen molar-refractivity contribution in [3.05, 3.63) is 58.4 Å². The van der Waals surface area contributed by atoms with Crippen molar-refractivity contribution in [3.63, 3.8) is 0 Å². The van der Waals surface area contributed by atoms with Crippen LogP contribution in [0.1, 0.15) is 12.5 Å². The normalized spacial score (nSPS) is 11.2. The van der Waals surface area contributed by atoms with Gasteiger partial charge in [-0.1, -0.05) is 12.1 Å². The number of rotatable bonds is 12. The highest BCUT2D eigenvalue weighted by Crippen LogP contribution is 2.32. The first kappa shape index (κ1) is 23.6. The van der Waals surface area contributed by atoms with Gasteiger partial charge in [0.2, 0.25) is 11.2 Å². The van der Waals surface area contributed by atoms with Crippen LogP contribution in [0, 0.1) is 0 Å². The Labute approximate surface area is 186 Å². The van der Waals surface area contributed by atoms with Crippen molar-refractivity contribution in [3.8, 4) is 23.0 Å². The van der Waals surface area contributed by atoms with Crippen LogP contribution in [0.5, 0.6) is 23.0 Å². The van der Waals surface area contributed by atoms with Gasteiger partial charge in [-0.2, -0.15) is 0 Å². The summed E-state index contributed by atoms with van der Waals surface area (Å²) in [5.74, 6) is 1.05. The zero-order chi connectivity index (χ0) is 22.9. The van der Waals surface area contributed by atoms with Crippen molar-refractivity contribution in [1.82, 2.24) is 4.90 Å². The highest BCUT2D eigenvalue weighted by Gasteiger charge is 2.18. The number of methoxy groups -OCH3 is 2. The Morgan fingerprint density at radius 3 is 2.31 bits per heavy atom. The fraction of sp³-hybridized carbons (Fsp3) is 0.375. The zero-order valence-electron chi connectivity index (χ0n) is 18.6. The van der Waals surface area contributed by atoms with E-state index in [0.717, 1.165) is 0 Å². The maximum absolute atomic E-state index is 13.1. The number of hydrogen-bond donors (Lipinski definition) is 1. The molecule has 1 aromatic heterocycles. The second-order valence-electron chi connectivity index (χ2n) is 7.11. The van der Waals surface area contributed by atoms with Gasteiger partial charge in [-0.05, 0) is 31.2 Å². The van der Waals surface area contributed by atoms with Gasteiger partial charge in [0.25, 0.3) is 0 Å². The lowest BCUT2D eigenvalue weighted by atomic mass is 10.1. The highest BCUT2D eigenvalue weighted by atomic mass is 16.5. The third kappa shape index (κ3) is 5.59. The number of aromatic hydroxyl groups is 1. The molecule has 0 bridgehead atoms. The Balaban J connectivity index is 1.95. The van der Waals surface area contributed by atoms with Gasteiger partial charge in [-0.15, -0.1) is 0 Å². The lowest BCUT2D eigenvalue weighted by Gasteiger charge is -2.22. The number of phenols is 1. The first-order valence-electron chi connectivity index (χ1n) is 10.4. The molecular weight excluding hydrogens is 414 g/mol. The topological polar surface area (TPSA) is 90.6 Å². The molecule has 0 aliphatic rings. The van der Waals surface area contributed by atoms with Crippen molar-refractivity contribution in [2.75, 3.05) is 47.1 Å². The molecule has 1 N–H and O–H groups in total. The van der Waals surface area contributed by atoms with E-state index < -0.39 is 0 Å². The average Bonchev–Trinajstić information content (AvgIpc) is 2.80. The van der Waals surface area contributed by atoms with Gasteiger partial charge in [-0.25, -0.2) is 0 Å². The molecule has 0 radical (unpaired) electrons. The van der Waals surface area contributed by atoms with E-state index in [9.17, 15) is 9.90 Å². The molecule has 3 aromatic rings. The molecule has 0 amide bonds. The molecule has 3 rings (SSSR count). The molecule has 0 aliphatic carbocycles. The molecular formula is C24H29NO7. The van der Waals surface area contributed by atoms with Crippen LogP contribution in [-0.2, 0) is 16.0 Å². The van der Waals surface area contributed by atoms with E-state index in [-0.39, 0.29) is 16.9 Å². The largest absolute Gasteiger partial charge is 0.507 e. The minimum Gasteiger partial charge on any atom is -0.507 e. The van der Waals surface area contributed by atoms with Crippen molar-refractivity contribution >= 4 is 11.0 Å². The molecule has 0 fully saturated rings. The van der Waals surface area contributed by atoms with E-state index in [4.69, 9.17) is 23.4 Å². The van der Waals surface area contributed by atoms with Crippen LogP contribution < -0.4 is 14.9 Å². The lowest BCUT2D eigenvalue weighted by Crippen LogP contribution is -2.30. The van der Waals surface area contributed by atoms with Crippen LogP contribution in [0.25, 0.3) is 11.0 Å². The molecule has 1 heterocycles. The van der Waals surface area contributed by atoms with Crippen molar-refractivity contribution in [2.45, 2.75) is 13.5 Å². The Morgan fingerprint density at radius 2 is 1.66 bits per heavy atom. The second kappa shape index (κ2) is 11.5. The summed E-state index contributed by atoms with van der Waals surface area (Å²) in [7, 11) is 3.27. The third-order valence-corrected chi connectivity index (χ3v) is 4.96. The van der Waals surface area contributed by atoms with E-state index in [1.165, 1.54) is 18.4 Å². The summed E-state index contributed by atoms with van der Waals surface area (Å²) in [5, 5.41) is 10.8. The average molecular weight is 443 g/mol. The number of nitrogens with zero attached hydrogens (tertiary/aromatic N) is 1. The van der Waals surface area contributed by atoms with Gasteiger partial charge in [-0.3, -0.25) is 9.69 Å². The standard InChI is InChI=1S/C24H29NO7/c1-4-30-20-7-5-6-8-21(20)32-22-16-31-24-17(23(22)27)9-10-19(26)18(24)15-25(11-13-28-2)12-14-29-3/h5-10,16,26H,4,11-15H2,1-3H3. The summed E-state index contributed by atoms with van der Waals surface area (Å²) in [6.07, 6.45) is 1.27. The van der Waals surface area contributed by atoms with E-state index >= 15 is 0 Å². The molecule has 0 atom stereocenters. The minimum atomic E-state index is -0.334. The Morgan fingerprint density at radius 1 is 0.969 bits per heavy atom. The molecule has 2 aromatic carbocycles. The maximum Gasteiger partial charge on any atom is 0.235 e.